The molecule has 0 rings (SSSR count). The molecule has 4 nitrogen and oxygen atoms in total. The number of rotatable bonds is 7. The standard InChI is InChI=1S/C11H21O4P/c1-5-10(11(12)13)8-16(14,15-6-2)7-9(3)4/h5,9H,6-8H2,1-4H3,(H,12,13). The fraction of sp³-hybridized carbons (Fsp3) is 0.727. The lowest BCUT2D eigenvalue weighted by atomic mass is 10.3. The van der Waals surface area contributed by atoms with Crippen LogP contribution in [-0.4, -0.2) is 30.0 Å². The van der Waals surface area contributed by atoms with Gasteiger partial charge in [-0.1, -0.05) is 19.9 Å². The summed E-state index contributed by atoms with van der Waals surface area (Å²) in [6.07, 6.45) is 1.92. The van der Waals surface area contributed by atoms with Gasteiger partial charge in [-0.25, -0.2) is 4.79 Å². The van der Waals surface area contributed by atoms with Crippen LogP contribution in [0.3, 0.4) is 0 Å². The summed E-state index contributed by atoms with van der Waals surface area (Å²) in [5, 5.41) is 8.89. The smallest absolute Gasteiger partial charge is 0.331 e. The van der Waals surface area contributed by atoms with E-state index in [1.165, 1.54) is 6.08 Å². The van der Waals surface area contributed by atoms with Gasteiger partial charge in [-0.3, -0.25) is 4.57 Å². The molecule has 0 bridgehead atoms. The molecule has 0 aliphatic carbocycles. The fourth-order valence-electron chi connectivity index (χ4n) is 1.50. The third kappa shape index (κ3) is 5.47. The second-order valence-electron chi connectivity index (χ2n) is 4.09. The highest BCUT2D eigenvalue weighted by atomic mass is 31.2. The SMILES string of the molecule is CC=C(CP(=O)(CC(C)C)OCC)C(=O)O. The molecule has 1 unspecified atom stereocenters. The number of hydrogen-bond donors (Lipinski definition) is 1. The molecule has 1 N–H and O–H groups in total. The van der Waals surface area contributed by atoms with Crippen molar-refractivity contribution in [2.75, 3.05) is 18.9 Å². The van der Waals surface area contributed by atoms with Crippen LogP contribution in [0.15, 0.2) is 11.6 Å². The molecule has 0 aliphatic rings. The molecule has 0 fully saturated rings. The van der Waals surface area contributed by atoms with Gasteiger partial charge in [0.15, 0.2) is 0 Å². The molecule has 94 valence electrons. The van der Waals surface area contributed by atoms with E-state index < -0.39 is 13.3 Å². The van der Waals surface area contributed by atoms with E-state index in [9.17, 15) is 9.36 Å². The summed E-state index contributed by atoms with van der Waals surface area (Å²) in [6.45, 7) is 7.64. The van der Waals surface area contributed by atoms with E-state index >= 15 is 0 Å². The molecule has 0 aliphatic heterocycles. The van der Waals surface area contributed by atoms with Crippen molar-refractivity contribution in [2.24, 2.45) is 5.92 Å². The number of aliphatic carboxylic acids is 1. The lowest BCUT2D eigenvalue weighted by Gasteiger charge is -2.19. The van der Waals surface area contributed by atoms with Crippen LogP contribution < -0.4 is 0 Å². The molecule has 5 heteroatoms. The summed E-state index contributed by atoms with van der Waals surface area (Å²) in [5.74, 6) is -0.796. The van der Waals surface area contributed by atoms with E-state index in [0.29, 0.717) is 12.8 Å². The minimum atomic E-state index is -2.85. The summed E-state index contributed by atoms with van der Waals surface area (Å²) >= 11 is 0. The van der Waals surface area contributed by atoms with Crippen molar-refractivity contribution in [1.29, 1.82) is 0 Å². The Balaban J connectivity index is 4.79. The van der Waals surface area contributed by atoms with Gasteiger partial charge < -0.3 is 9.63 Å². The largest absolute Gasteiger partial charge is 0.478 e. The van der Waals surface area contributed by atoms with Gasteiger partial charge in [-0.15, -0.1) is 0 Å². The lowest BCUT2D eigenvalue weighted by Crippen LogP contribution is -2.11. The first-order valence-electron chi connectivity index (χ1n) is 5.45. The molecular weight excluding hydrogens is 227 g/mol. The average Bonchev–Trinajstić information content (AvgIpc) is 2.12. The number of hydrogen-bond acceptors (Lipinski definition) is 3. The molecule has 0 spiro atoms. The van der Waals surface area contributed by atoms with Crippen molar-refractivity contribution in [1.82, 2.24) is 0 Å². The zero-order valence-corrected chi connectivity index (χ0v) is 11.3. The lowest BCUT2D eigenvalue weighted by molar-refractivity contribution is -0.132. The van der Waals surface area contributed by atoms with Crippen molar-refractivity contribution < 1.29 is 19.0 Å². The zero-order chi connectivity index (χ0) is 12.8. The predicted molar refractivity (Wildman–Crippen MR) is 65.2 cm³/mol. The average molecular weight is 248 g/mol. The third-order valence-electron chi connectivity index (χ3n) is 2.04. The van der Waals surface area contributed by atoms with Crippen LogP contribution in [-0.2, 0) is 13.9 Å². The van der Waals surface area contributed by atoms with E-state index in [-0.39, 0.29) is 17.7 Å². The number of carboxylic acid groups (broad SMARTS) is 1. The van der Waals surface area contributed by atoms with Crippen molar-refractivity contribution >= 4 is 13.3 Å². The van der Waals surface area contributed by atoms with Gasteiger partial charge in [0.25, 0.3) is 0 Å². The second-order valence-corrected chi connectivity index (χ2v) is 6.65. The summed E-state index contributed by atoms with van der Waals surface area (Å²) in [6, 6.07) is 0. The van der Waals surface area contributed by atoms with Gasteiger partial charge in [0, 0.05) is 11.7 Å². The van der Waals surface area contributed by atoms with Crippen molar-refractivity contribution in [3.05, 3.63) is 11.6 Å². The van der Waals surface area contributed by atoms with E-state index in [1.807, 2.05) is 13.8 Å². The maximum absolute atomic E-state index is 12.4. The van der Waals surface area contributed by atoms with E-state index in [4.69, 9.17) is 9.63 Å². The Morgan fingerprint density at radius 1 is 1.50 bits per heavy atom. The molecule has 1 atom stereocenters. The molecule has 0 saturated carbocycles. The van der Waals surface area contributed by atoms with Crippen LogP contribution in [0.1, 0.15) is 27.7 Å². The second kappa shape index (κ2) is 6.87. The Morgan fingerprint density at radius 3 is 2.38 bits per heavy atom. The van der Waals surface area contributed by atoms with Crippen LogP contribution >= 0.6 is 7.37 Å². The van der Waals surface area contributed by atoms with Crippen molar-refractivity contribution in [2.45, 2.75) is 27.7 Å². The summed E-state index contributed by atoms with van der Waals surface area (Å²) in [7, 11) is -2.85. The molecule has 16 heavy (non-hydrogen) atoms. The van der Waals surface area contributed by atoms with Crippen LogP contribution in [0, 0.1) is 5.92 Å². The molecule has 0 aromatic heterocycles. The van der Waals surface area contributed by atoms with Crippen LogP contribution in [0.5, 0.6) is 0 Å². The first kappa shape index (κ1) is 15.4. The van der Waals surface area contributed by atoms with Gasteiger partial charge in [0.05, 0.1) is 12.8 Å². The van der Waals surface area contributed by atoms with Crippen molar-refractivity contribution in [3.63, 3.8) is 0 Å². The predicted octanol–water partition coefficient (Wildman–Crippen LogP) is 2.99. The minimum Gasteiger partial charge on any atom is -0.478 e. The van der Waals surface area contributed by atoms with Gasteiger partial charge in [0.2, 0.25) is 7.37 Å². The highest BCUT2D eigenvalue weighted by Crippen LogP contribution is 2.49. The van der Waals surface area contributed by atoms with Gasteiger partial charge in [0.1, 0.15) is 0 Å². The highest BCUT2D eigenvalue weighted by molar-refractivity contribution is 7.59. The van der Waals surface area contributed by atoms with E-state index in [2.05, 4.69) is 0 Å². The number of carboxylic acids is 1. The van der Waals surface area contributed by atoms with E-state index in [1.54, 1.807) is 13.8 Å². The Bertz CT molecular complexity index is 307. The Labute approximate surface area is 97.1 Å². The Morgan fingerprint density at radius 2 is 2.06 bits per heavy atom. The van der Waals surface area contributed by atoms with Gasteiger partial charge >= 0.3 is 5.97 Å². The molecular formula is C11H21O4P. The molecule has 0 amide bonds. The monoisotopic (exact) mass is 248 g/mol. The van der Waals surface area contributed by atoms with Gasteiger partial charge in [-0.05, 0) is 19.8 Å². The molecule has 0 aromatic rings. The minimum absolute atomic E-state index is 0.0187. The quantitative estimate of drug-likeness (QED) is 0.555. The summed E-state index contributed by atoms with van der Waals surface area (Å²) < 4.78 is 17.6. The molecule has 0 aromatic carbocycles. The molecule has 0 heterocycles. The molecule has 0 saturated heterocycles. The first-order valence-corrected chi connectivity index (χ1v) is 7.45. The van der Waals surface area contributed by atoms with E-state index in [0.717, 1.165) is 0 Å². The molecule has 0 radical (unpaired) electrons. The first-order chi connectivity index (χ1) is 7.34. The number of allylic oxidation sites excluding steroid dienone is 1. The fourth-order valence-corrected chi connectivity index (χ4v) is 4.24. The Kier molecular flexibility index (Phi) is 6.61. The zero-order valence-electron chi connectivity index (χ0n) is 10.4. The maximum atomic E-state index is 12.4. The Hall–Kier alpha value is -0.600. The summed E-state index contributed by atoms with van der Waals surface area (Å²) in [5.41, 5.74) is 0.164. The van der Waals surface area contributed by atoms with Gasteiger partial charge in [-0.2, -0.15) is 0 Å². The van der Waals surface area contributed by atoms with Crippen LogP contribution in [0.2, 0.25) is 0 Å². The number of carbonyl (C=O) groups is 1. The maximum Gasteiger partial charge on any atom is 0.331 e. The van der Waals surface area contributed by atoms with Crippen LogP contribution in [0.25, 0.3) is 0 Å². The highest BCUT2D eigenvalue weighted by Gasteiger charge is 2.27. The van der Waals surface area contributed by atoms with Crippen molar-refractivity contribution in [3.8, 4) is 0 Å². The normalized spacial score (nSPS) is 16.2. The van der Waals surface area contributed by atoms with Crippen LogP contribution in [0.4, 0.5) is 0 Å². The topological polar surface area (TPSA) is 63.6 Å². The summed E-state index contributed by atoms with van der Waals surface area (Å²) in [4.78, 5) is 10.9. The third-order valence-corrected chi connectivity index (χ3v) is 4.88.